The van der Waals surface area contributed by atoms with Crippen molar-refractivity contribution in [3.05, 3.63) is 89.1 Å². The number of carbonyl (C=O) groups is 3. The Hall–Kier alpha value is -4.50. The summed E-state index contributed by atoms with van der Waals surface area (Å²) in [5, 5.41) is 19.2. The van der Waals surface area contributed by atoms with Crippen molar-refractivity contribution in [2.45, 2.75) is 20.8 Å². The maximum Gasteiger partial charge on any atom is 0.356 e. The topological polar surface area (TPSA) is 126 Å². The van der Waals surface area contributed by atoms with Gasteiger partial charge in [-0.05, 0) is 36.4 Å². The number of amides is 2. The molecule has 0 atom stereocenters. The van der Waals surface area contributed by atoms with Gasteiger partial charge in [-0.25, -0.2) is 14.5 Å². The first-order valence-corrected chi connectivity index (χ1v) is 11.7. The Morgan fingerprint density at radius 1 is 0.919 bits per heavy atom. The summed E-state index contributed by atoms with van der Waals surface area (Å²) < 4.78 is 1.34. The van der Waals surface area contributed by atoms with Crippen LogP contribution < -0.4 is 10.6 Å². The van der Waals surface area contributed by atoms with Gasteiger partial charge in [0.2, 0.25) is 5.91 Å². The number of aromatic carboxylic acids is 1. The van der Waals surface area contributed by atoms with Gasteiger partial charge in [-0.2, -0.15) is 5.10 Å². The SMILES string of the molecule is CC(C)(C)C(=O)Nc1cccc(-c2ccc(Cl)c(C(=O)Nc3cc(C(=O)O)nn3-c3ccccc3)c2)n1. The molecule has 2 amide bonds. The molecule has 188 valence electrons. The van der Waals surface area contributed by atoms with Crippen molar-refractivity contribution >= 4 is 41.0 Å². The van der Waals surface area contributed by atoms with Gasteiger partial charge in [0.05, 0.1) is 22.0 Å². The maximum absolute atomic E-state index is 13.2. The first kappa shape index (κ1) is 25.6. The molecule has 0 aliphatic carbocycles. The van der Waals surface area contributed by atoms with Crippen molar-refractivity contribution < 1.29 is 19.5 Å². The number of pyridine rings is 1. The number of carbonyl (C=O) groups excluding carboxylic acids is 2. The van der Waals surface area contributed by atoms with E-state index in [-0.39, 0.29) is 28.0 Å². The van der Waals surface area contributed by atoms with Crippen LogP contribution in [-0.2, 0) is 4.79 Å². The number of hydrogen-bond donors (Lipinski definition) is 3. The molecule has 4 aromatic rings. The fraction of sp³-hybridized carbons (Fsp3) is 0.148. The highest BCUT2D eigenvalue weighted by Crippen LogP contribution is 2.27. The van der Waals surface area contributed by atoms with Gasteiger partial charge < -0.3 is 15.7 Å². The van der Waals surface area contributed by atoms with E-state index in [1.165, 1.54) is 10.7 Å². The minimum atomic E-state index is -1.23. The lowest BCUT2D eigenvalue weighted by Gasteiger charge is -2.17. The number of benzene rings is 2. The van der Waals surface area contributed by atoms with Crippen LogP contribution in [0, 0.1) is 5.41 Å². The first-order valence-electron chi connectivity index (χ1n) is 11.3. The number of nitrogens with zero attached hydrogens (tertiary/aromatic N) is 3. The highest BCUT2D eigenvalue weighted by molar-refractivity contribution is 6.34. The number of carboxylic acid groups (broad SMARTS) is 1. The molecule has 2 aromatic carbocycles. The molecule has 0 radical (unpaired) electrons. The molecule has 0 saturated heterocycles. The van der Waals surface area contributed by atoms with Crippen LogP contribution in [0.2, 0.25) is 5.02 Å². The average molecular weight is 518 g/mol. The summed E-state index contributed by atoms with van der Waals surface area (Å²) in [5.74, 6) is -1.41. The molecule has 0 aliphatic rings. The third-order valence-corrected chi connectivity index (χ3v) is 5.68. The zero-order chi connectivity index (χ0) is 26.7. The highest BCUT2D eigenvalue weighted by Gasteiger charge is 2.22. The molecule has 2 heterocycles. The monoisotopic (exact) mass is 517 g/mol. The standard InChI is InChI=1S/C27H24ClN5O4/c1-27(2,3)26(37)30-22-11-7-10-20(29-22)16-12-13-19(28)18(14-16)24(34)31-23-15-21(25(35)36)32-33(23)17-8-5-4-6-9-17/h4-15H,1-3H3,(H,31,34)(H,35,36)(H,29,30,37). The van der Waals surface area contributed by atoms with Crippen LogP contribution in [-0.4, -0.2) is 37.7 Å². The largest absolute Gasteiger partial charge is 0.476 e. The van der Waals surface area contributed by atoms with Gasteiger partial charge in [-0.3, -0.25) is 9.59 Å². The molecular formula is C27H24ClN5O4. The third kappa shape index (κ3) is 5.84. The quantitative estimate of drug-likeness (QED) is 0.309. The van der Waals surface area contributed by atoms with Crippen molar-refractivity contribution in [3.8, 4) is 16.9 Å². The van der Waals surface area contributed by atoms with E-state index in [4.69, 9.17) is 11.6 Å². The minimum Gasteiger partial charge on any atom is -0.476 e. The van der Waals surface area contributed by atoms with Crippen molar-refractivity contribution in [2.75, 3.05) is 10.6 Å². The van der Waals surface area contributed by atoms with Crippen LogP contribution in [0.3, 0.4) is 0 Å². The molecule has 0 fully saturated rings. The summed E-state index contributed by atoms with van der Waals surface area (Å²) in [5.41, 5.74) is 1.04. The van der Waals surface area contributed by atoms with Gasteiger partial charge in [0.1, 0.15) is 11.6 Å². The predicted molar refractivity (Wildman–Crippen MR) is 141 cm³/mol. The Kier molecular flexibility index (Phi) is 7.08. The van der Waals surface area contributed by atoms with E-state index in [0.29, 0.717) is 22.8 Å². The number of nitrogens with one attached hydrogen (secondary N) is 2. The summed E-state index contributed by atoms with van der Waals surface area (Å²) in [7, 11) is 0. The van der Waals surface area contributed by atoms with Crippen molar-refractivity contribution in [2.24, 2.45) is 5.41 Å². The fourth-order valence-corrected chi connectivity index (χ4v) is 3.56. The van der Waals surface area contributed by atoms with E-state index >= 15 is 0 Å². The molecular weight excluding hydrogens is 494 g/mol. The van der Waals surface area contributed by atoms with Gasteiger partial charge >= 0.3 is 5.97 Å². The molecule has 0 aliphatic heterocycles. The molecule has 0 saturated carbocycles. The smallest absolute Gasteiger partial charge is 0.356 e. The summed E-state index contributed by atoms with van der Waals surface area (Å²) in [4.78, 5) is 41.6. The van der Waals surface area contributed by atoms with Gasteiger partial charge in [0.25, 0.3) is 5.91 Å². The van der Waals surface area contributed by atoms with Crippen LogP contribution in [0.5, 0.6) is 0 Å². The Balaban J connectivity index is 1.64. The zero-order valence-corrected chi connectivity index (χ0v) is 21.1. The number of halogens is 1. The maximum atomic E-state index is 13.2. The normalized spacial score (nSPS) is 11.1. The third-order valence-electron chi connectivity index (χ3n) is 5.35. The highest BCUT2D eigenvalue weighted by atomic mass is 35.5. The number of carboxylic acids is 1. The number of anilines is 2. The molecule has 10 heteroatoms. The van der Waals surface area contributed by atoms with Crippen LogP contribution in [0.4, 0.5) is 11.6 Å². The Labute approximate surface area is 218 Å². The lowest BCUT2D eigenvalue weighted by Crippen LogP contribution is -2.28. The number of hydrogen-bond acceptors (Lipinski definition) is 5. The second-order valence-electron chi connectivity index (χ2n) is 9.23. The van der Waals surface area contributed by atoms with E-state index < -0.39 is 17.3 Å². The van der Waals surface area contributed by atoms with Gasteiger partial charge in [0, 0.05) is 17.0 Å². The second-order valence-corrected chi connectivity index (χ2v) is 9.64. The van der Waals surface area contributed by atoms with Crippen LogP contribution in [0.15, 0.2) is 72.8 Å². The molecule has 0 bridgehead atoms. The van der Waals surface area contributed by atoms with Crippen molar-refractivity contribution in [1.82, 2.24) is 14.8 Å². The average Bonchev–Trinajstić information content (AvgIpc) is 3.28. The number of aromatic nitrogens is 3. The summed E-state index contributed by atoms with van der Waals surface area (Å²) in [6, 6.07) is 20.2. The van der Waals surface area contributed by atoms with E-state index in [1.807, 2.05) is 6.07 Å². The molecule has 0 unspecified atom stereocenters. The Bertz CT molecular complexity index is 1490. The van der Waals surface area contributed by atoms with E-state index in [9.17, 15) is 19.5 Å². The minimum absolute atomic E-state index is 0.155. The molecule has 9 nitrogen and oxygen atoms in total. The summed E-state index contributed by atoms with van der Waals surface area (Å²) in [6.07, 6.45) is 0. The van der Waals surface area contributed by atoms with Crippen LogP contribution in [0.25, 0.3) is 16.9 Å². The fourth-order valence-electron chi connectivity index (χ4n) is 3.35. The predicted octanol–water partition coefficient (Wildman–Crippen LogP) is 5.52. The Morgan fingerprint density at radius 2 is 1.65 bits per heavy atom. The molecule has 3 N–H and O–H groups in total. The van der Waals surface area contributed by atoms with Crippen LogP contribution in [0.1, 0.15) is 41.6 Å². The van der Waals surface area contributed by atoms with Gasteiger partial charge in [0.15, 0.2) is 5.69 Å². The number of rotatable bonds is 6. The zero-order valence-electron chi connectivity index (χ0n) is 20.3. The molecule has 4 rings (SSSR count). The van der Waals surface area contributed by atoms with E-state index in [1.54, 1.807) is 81.4 Å². The van der Waals surface area contributed by atoms with Crippen LogP contribution >= 0.6 is 11.6 Å². The number of para-hydroxylation sites is 1. The summed E-state index contributed by atoms with van der Waals surface area (Å²) in [6.45, 7) is 5.41. The first-order chi connectivity index (χ1) is 17.5. The second kappa shape index (κ2) is 10.2. The van der Waals surface area contributed by atoms with Gasteiger partial charge in [-0.1, -0.05) is 62.7 Å². The van der Waals surface area contributed by atoms with Gasteiger partial charge in [-0.15, -0.1) is 0 Å². The lowest BCUT2D eigenvalue weighted by atomic mass is 9.96. The molecule has 37 heavy (non-hydrogen) atoms. The lowest BCUT2D eigenvalue weighted by molar-refractivity contribution is -0.123. The Morgan fingerprint density at radius 3 is 2.32 bits per heavy atom. The summed E-state index contributed by atoms with van der Waals surface area (Å²) >= 11 is 6.35. The molecule has 2 aromatic heterocycles. The molecule has 0 spiro atoms. The van der Waals surface area contributed by atoms with Crippen molar-refractivity contribution in [3.63, 3.8) is 0 Å². The van der Waals surface area contributed by atoms with E-state index in [2.05, 4.69) is 20.7 Å². The van der Waals surface area contributed by atoms with Crippen molar-refractivity contribution in [1.29, 1.82) is 0 Å². The van der Waals surface area contributed by atoms with E-state index in [0.717, 1.165) is 0 Å².